The van der Waals surface area contributed by atoms with Gasteiger partial charge in [-0.1, -0.05) is 128 Å². The highest BCUT2D eigenvalue weighted by Gasteiger charge is 2.21. The Kier molecular flexibility index (Phi) is 5.58. The summed E-state index contributed by atoms with van der Waals surface area (Å²) >= 11 is 1.78. The lowest BCUT2D eigenvalue weighted by molar-refractivity contribution is 0.908. The Labute approximate surface area is 301 Å². The van der Waals surface area contributed by atoms with Crippen LogP contribution in [0.15, 0.2) is 164 Å². The largest absolute Gasteiger partial charge is 0.296 e. The summed E-state index contributed by atoms with van der Waals surface area (Å²) in [7, 11) is 0. The highest BCUT2D eigenvalue weighted by atomic mass is 32.1. The molecule has 50 heavy (non-hydrogen) atoms. The van der Waals surface area contributed by atoms with Crippen LogP contribution in [0.5, 0.6) is 0 Å². The molecule has 2 nitrogen and oxygen atoms in total. The number of benzene rings is 8. The Morgan fingerprint density at radius 3 is 2.08 bits per heavy atom. The number of imidazole rings is 1. The van der Waals surface area contributed by atoms with Crippen molar-refractivity contribution in [1.82, 2.24) is 9.55 Å². The van der Waals surface area contributed by atoms with Crippen LogP contribution in [0.25, 0.3) is 91.8 Å². The quantitative estimate of drug-likeness (QED) is 0.168. The lowest BCUT2D eigenvalue weighted by Gasteiger charge is -2.20. The van der Waals surface area contributed by atoms with Crippen LogP contribution in [-0.2, 0) is 6.42 Å². The summed E-state index contributed by atoms with van der Waals surface area (Å²) in [5.74, 6) is 1.00. The molecule has 0 unspecified atom stereocenters. The maximum atomic E-state index is 8.86. The molecule has 2 heterocycles. The first-order valence-electron chi connectivity index (χ1n) is 19.4. The number of nitrogens with zero attached hydrogens (tertiary/aromatic N) is 2. The van der Waals surface area contributed by atoms with E-state index in [1.165, 1.54) is 20.2 Å². The number of hydrogen-bond donors (Lipinski definition) is 0. The fraction of sp³-hybridized carbons (Fsp3) is 0.0426. The zero-order valence-electron chi connectivity index (χ0n) is 32.2. The van der Waals surface area contributed by atoms with Crippen LogP contribution in [0.3, 0.4) is 0 Å². The van der Waals surface area contributed by atoms with E-state index in [4.69, 9.17) is 11.8 Å². The third-order valence-electron chi connectivity index (χ3n) is 9.85. The summed E-state index contributed by atoms with van der Waals surface area (Å²) in [6, 6.07) is 44.9. The van der Waals surface area contributed by atoms with Gasteiger partial charge < -0.3 is 0 Å². The minimum absolute atomic E-state index is 0.191. The minimum Gasteiger partial charge on any atom is -0.296 e. The van der Waals surface area contributed by atoms with Gasteiger partial charge in [-0.15, -0.1) is 11.3 Å². The molecule has 3 heteroatoms. The zero-order chi connectivity index (χ0) is 37.5. The van der Waals surface area contributed by atoms with E-state index in [-0.39, 0.29) is 29.7 Å². The van der Waals surface area contributed by atoms with Gasteiger partial charge in [-0.05, 0) is 97.4 Å². The SMILES string of the molecule is [2H]c1c([2H])c([2H])c(-c2ccc3c(-c4ccc(-n5c(CC)nc6ccccc65)cc4)c4ccccc4c(-c4cccc5sc6ccccc6c45)c3c2)c([2H])c1[2H]. The molecule has 8 aromatic carbocycles. The third-order valence-corrected chi connectivity index (χ3v) is 11.0. The van der Waals surface area contributed by atoms with Crippen LogP contribution in [0, 0.1) is 0 Å². The summed E-state index contributed by atoms with van der Waals surface area (Å²) in [5.41, 5.74) is 8.11. The van der Waals surface area contributed by atoms with Crippen LogP contribution in [0.2, 0.25) is 0 Å². The molecule has 236 valence electrons. The predicted octanol–water partition coefficient (Wildman–Crippen LogP) is 13.3. The van der Waals surface area contributed by atoms with Gasteiger partial charge in [-0.25, -0.2) is 4.98 Å². The van der Waals surface area contributed by atoms with Crippen LogP contribution in [-0.4, -0.2) is 9.55 Å². The number of aromatic nitrogens is 2. The lowest BCUT2D eigenvalue weighted by atomic mass is 9.84. The fourth-order valence-electron chi connectivity index (χ4n) is 7.69. The Morgan fingerprint density at radius 1 is 0.580 bits per heavy atom. The third kappa shape index (κ3) is 4.44. The molecule has 10 rings (SSSR count). The van der Waals surface area contributed by atoms with Gasteiger partial charge in [0, 0.05) is 32.3 Å². The summed E-state index contributed by atoms with van der Waals surface area (Å²) in [6.07, 6.45) is 0.801. The van der Waals surface area contributed by atoms with Crippen molar-refractivity contribution in [3.63, 3.8) is 0 Å². The Balaban J connectivity index is 1.30. The van der Waals surface area contributed by atoms with E-state index in [0.717, 1.165) is 72.8 Å². The van der Waals surface area contributed by atoms with Crippen LogP contribution >= 0.6 is 11.3 Å². The van der Waals surface area contributed by atoms with Gasteiger partial charge in [0.05, 0.1) is 17.9 Å². The molecule has 0 aliphatic carbocycles. The average molecular weight is 662 g/mol. The smallest absolute Gasteiger partial charge is 0.114 e. The van der Waals surface area contributed by atoms with Gasteiger partial charge in [-0.3, -0.25) is 4.57 Å². The van der Waals surface area contributed by atoms with E-state index in [9.17, 15) is 0 Å². The van der Waals surface area contributed by atoms with E-state index in [0.29, 0.717) is 5.56 Å². The fourth-order valence-corrected chi connectivity index (χ4v) is 8.82. The summed E-state index contributed by atoms with van der Waals surface area (Å²) in [5, 5.41) is 6.50. The number of fused-ring (bicyclic) bond motifs is 6. The Bertz CT molecular complexity index is 3170. The average Bonchev–Trinajstić information content (AvgIpc) is 3.80. The molecule has 0 amide bonds. The van der Waals surface area contributed by atoms with Crippen molar-refractivity contribution in [2.45, 2.75) is 13.3 Å². The van der Waals surface area contributed by atoms with E-state index in [2.05, 4.69) is 121 Å². The molecule has 2 aromatic heterocycles. The molecule has 0 aliphatic heterocycles. The van der Waals surface area contributed by atoms with Crippen molar-refractivity contribution in [3.8, 4) is 39.1 Å². The summed E-state index contributed by atoms with van der Waals surface area (Å²) in [4.78, 5) is 4.91. The van der Waals surface area contributed by atoms with E-state index in [1.54, 1.807) is 11.3 Å². The van der Waals surface area contributed by atoms with Crippen molar-refractivity contribution in [2.75, 3.05) is 0 Å². The molecule has 0 bridgehead atoms. The molecule has 0 atom stereocenters. The molecule has 0 radical (unpaired) electrons. The van der Waals surface area contributed by atoms with E-state index >= 15 is 0 Å². The number of hydrogen-bond acceptors (Lipinski definition) is 2. The molecule has 0 N–H and O–H groups in total. The molecule has 0 spiro atoms. The van der Waals surface area contributed by atoms with Crippen molar-refractivity contribution in [1.29, 1.82) is 0 Å². The Hall–Kier alpha value is -6.03. The molecule has 10 aromatic rings. The highest BCUT2D eigenvalue weighted by Crippen LogP contribution is 2.48. The second kappa shape index (κ2) is 11.5. The second-order valence-corrected chi connectivity index (χ2v) is 13.7. The maximum Gasteiger partial charge on any atom is 0.114 e. The van der Waals surface area contributed by atoms with Crippen LogP contribution < -0.4 is 0 Å². The van der Waals surface area contributed by atoms with Gasteiger partial charge in [0.15, 0.2) is 0 Å². The number of aryl methyl sites for hydroxylation is 1. The number of para-hydroxylation sites is 2. The molecule has 0 fully saturated rings. The van der Waals surface area contributed by atoms with Gasteiger partial charge in [-0.2, -0.15) is 0 Å². The first kappa shape index (κ1) is 24.2. The molecular formula is C47H32N2S. The van der Waals surface area contributed by atoms with Crippen molar-refractivity contribution in [2.24, 2.45) is 0 Å². The zero-order valence-corrected chi connectivity index (χ0v) is 28.0. The normalized spacial score (nSPS) is 13.2. The lowest BCUT2D eigenvalue weighted by Crippen LogP contribution is -2.00. The van der Waals surface area contributed by atoms with Crippen LogP contribution in [0.1, 0.15) is 19.6 Å². The second-order valence-electron chi connectivity index (χ2n) is 12.6. The monoisotopic (exact) mass is 661 g/mol. The van der Waals surface area contributed by atoms with Gasteiger partial charge in [0.1, 0.15) is 5.82 Å². The van der Waals surface area contributed by atoms with Crippen molar-refractivity contribution in [3.05, 3.63) is 169 Å². The highest BCUT2D eigenvalue weighted by molar-refractivity contribution is 7.25. The van der Waals surface area contributed by atoms with E-state index < -0.39 is 6.04 Å². The van der Waals surface area contributed by atoms with Gasteiger partial charge in [0.25, 0.3) is 0 Å². The van der Waals surface area contributed by atoms with Gasteiger partial charge in [0.2, 0.25) is 0 Å². The summed E-state index contributed by atoms with van der Waals surface area (Å²) in [6.45, 7) is 2.13. The Morgan fingerprint density at radius 2 is 1.26 bits per heavy atom. The van der Waals surface area contributed by atoms with Gasteiger partial charge >= 0.3 is 0 Å². The molecule has 0 saturated carbocycles. The summed E-state index contributed by atoms with van der Waals surface area (Å²) < 4.78 is 47.5. The van der Waals surface area contributed by atoms with Crippen LogP contribution in [0.4, 0.5) is 0 Å². The molecular weight excluding hydrogens is 625 g/mol. The van der Waals surface area contributed by atoms with Crippen molar-refractivity contribution >= 4 is 64.1 Å². The standard InChI is InChI=1S/C47H32N2S/c1-2-44-48-40-19-9-10-20-41(40)49(44)33-26-23-31(24-27-33)45-34-15-6-7-16-35(34)46(39-29-32(25-28-36(39)45)30-13-4-3-5-14-30)38-18-12-22-43-47(38)37-17-8-11-21-42(37)50-43/h3-29H,2H2,1H3/i3D,4D,5D,13D,14D. The molecule has 0 saturated heterocycles. The topological polar surface area (TPSA) is 17.8 Å². The predicted molar refractivity (Wildman–Crippen MR) is 215 cm³/mol. The first-order valence-corrected chi connectivity index (χ1v) is 17.7. The van der Waals surface area contributed by atoms with E-state index in [1.807, 2.05) is 24.3 Å². The number of rotatable bonds is 5. The minimum atomic E-state index is -0.400. The molecule has 0 aliphatic rings. The maximum absolute atomic E-state index is 8.86. The van der Waals surface area contributed by atoms with Crippen molar-refractivity contribution < 1.29 is 6.85 Å². The number of thiophene rings is 1. The first-order chi connectivity index (χ1) is 26.8.